The number of nitro groups is 1. The van der Waals surface area contributed by atoms with Crippen molar-refractivity contribution < 1.29 is 10.0 Å². The lowest BCUT2D eigenvalue weighted by Crippen LogP contribution is -2.12. The van der Waals surface area contributed by atoms with E-state index >= 15 is 0 Å². The maximum absolute atomic E-state index is 11.6. The Kier molecular flexibility index (Phi) is 3.94. The van der Waals surface area contributed by atoms with E-state index in [-0.39, 0.29) is 16.8 Å². The maximum Gasteiger partial charge on any atom is 0.293 e. The van der Waals surface area contributed by atoms with Crippen LogP contribution >= 0.6 is 0 Å². The number of hydrogen-bond donors (Lipinski definition) is 3. The van der Waals surface area contributed by atoms with Crippen LogP contribution in [0.4, 0.5) is 11.4 Å². The molecule has 2 aromatic rings. The number of aliphatic hydroxyl groups is 1. The molecule has 0 radical (unpaired) electrons. The van der Waals surface area contributed by atoms with Gasteiger partial charge in [-0.15, -0.1) is 0 Å². The maximum atomic E-state index is 11.6. The van der Waals surface area contributed by atoms with Gasteiger partial charge in [-0.1, -0.05) is 0 Å². The second-order valence-corrected chi connectivity index (χ2v) is 4.44. The van der Waals surface area contributed by atoms with Crippen LogP contribution in [0.3, 0.4) is 0 Å². The second kappa shape index (κ2) is 5.66. The van der Waals surface area contributed by atoms with Crippen molar-refractivity contribution >= 4 is 22.3 Å². The van der Waals surface area contributed by atoms with Crippen molar-refractivity contribution in [3.05, 3.63) is 38.9 Å². The smallest absolute Gasteiger partial charge is 0.293 e. The number of nitro benzene ring substituents is 1. The summed E-state index contributed by atoms with van der Waals surface area (Å²) in [6.45, 7) is 2.02. The van der Waals surface area contributed by atoms with E-state index in [1.807, 2.05) is 0 Å². The molecule has 8 heteroatoms. The first kappa shape index (κ1) is 13.9. The van der Waals surface area contributed by atoms with Crippen molar-refractivity contribution in [2.75, 3.05) is 11.9 Å². The third-order valence-corrected chi connectivity index (χ3v) is 2.83. The number of fused-ring (bicyclic) bond motifs is 1. The predicted octanol–water partition coefficient (Wildman–Crippen LogP) is 1.01. The minimum absolute atomic E-state index is 0.167. The van der Waals surface area contributed by atoms with Crippen LogP contribution in [0, 0.1) is 10.1 Å². The van der Waals surface area contributed by atoms with E-state index in [9.17, 15) is 20.0 Å². The number of H-pyrrole nitrogens is 1. The molecule has 0 amide bonds. The molecule has 20 heavy (non-hydrogen) atoms. The summed E-state index contributed by atoms with van der Waals surface area (Å²) < 4.78 is 0. The SMILES string of the molecule is CC(O)CCNc1cc2nc[nH]c(=O)c2cc1[N+](=O)[O-]. The molecule has 1 heterocycles. The zero-order valence-electron chi connectivity index (χ0n) is 10.8. The lowest BCUT2D eigenvalue weighted by Gasteiger charge is -2.09. The molecule has 0 saturated carbocycles. The molecule has 0 spiro atoms. The first-order chi connectivity index (χ1) is 9.49. The van der Waals surface area contributed by atoms with E-state index in [0.717, 1.165) is 0 Å². The molecule has 0 fully saturated rings. The van der Waals surface area contributed by atoms with Gasteiger partial charge in [-0.3, -0.25) is 14.9 Å². The van der Waals surface area contributed by atoms with Crippen molar-refractivity contribution in [3.8, 4) is 0 Å². The van der Waals surface area contributed by atoms with Gasteiger partial charge in [0.2, 0.25) is 0 Å². The van der Waals surface area contributed by atoms with Crippen molar-refractivity contribution in [3.63, 3.8) is 0 Å². The Morgan fingerprint density at radius 1 is 1.55 bits per heavy atom. The van der Waals surface area contributed by atoms with Crippen LogP contribution in [0.25, 0.3) is 10.9 Å². The second-order valence-electron chi connectivity index (χ2n) is 4.44. The average molecular weight is 278 g/mol. The van der Waals surface area contributed by atoms with Gasteiger partial charge < -0.3 is 15.4 Å². The monoisotopic (exact) mass is 278 g/mol. The molecule has 1 aromatic carbocycles. The van der Waals surface area contributed by atoms with Crippen LogP contribution in [0.2, 0.25) is 0 Å². The van der Waals surface area contributed by atoms with Gasteiger partial charge in [-0.05, 0) is 19.4 Å². The summed E-state index contributed by atoms with van der Waals surface area (Å²) in [6.07, 6.45) is 1.21. The Bertz CT molecular complexity index is 695. The van der Waals surface area contributed by atoms with Gasteiger partial charge in [-0.2, -0.15) is 0 Å². The van der Waals surface area contributed by atoms with Crippen molar-refractivity contribution in [1.82, 2.24) is 9.97 Å². The van der Waals surface area contributed by atoms with Gasteiger partial charge in [0.15, 0.2) is 0 Å². The quantitative estimate of drug-likeness (QED) is 0.554. The van der Waals surface area contributed by atoms with Crippen molar-refractivity contribution in [1.29, 1.82) is 0 Å². The van der Waals surface area contributed by atoms with E-state index in [0.29, 0.717) is 18.5 Å². The topological polar surface area (TPSA) is 121 Å². The number of hydrogen-bond acceptors (Lipinski definition) is 6. The van der Waals surface area contributed by atoms with E-state index in [1.165, 1.54) is 18.5 Å². The minimum Gasteiger partial charge on any atom is -0.393 e. The highest BCUT2D eigenvalue weighted by atomic mass is 16.6. The van der Waals surface area contributed by atoms with Crippen LogP contribution in [0.15, 0.2) is 23.3 Å². The fourth-order valence-corrected chi connectivity index (χ4v) is 1.81. The summed E-state index contributed by atoms with van der Waals surface area (Å²) >= 11 is 0. The molecule has 1 atom stereocenters. The first-order valence-electron chi connectivity index (χ1n) is 6.07. The number of aromatic amines is 1. The fraction of sp³-hybridized carbons (Fsp3) is 0.333. The Morgan fingerprint density at radius 3 is 2.95 bits per heavy atom. The summed E-state index contributed by atoms with van der Waals surface area (Å²) in [5.74, 6) is 0. The van der Waals surface area contributed by atoms with Crippen LogP contribution in [-0.2, 0) is 0 Å². The fourth-order valence-electron chi connectivity index (χ4n) is 1.81. The molecule has 0 saturated heterocycles. The number of benzene rings is 1. The van der Waals surface area contributed by atoms with E-state index < -0.39 is 16.6 Å². The normalized spacial score (nSPS) is 12.3. The third-order valence-electron chi connectivity index (χ3n) is 2.83. The van der Waals surface area contributed by atoms with Crippen molar-refractivity contribution in [2.45, 2.75) is 19.4 Å². The molecule has 3 N–H and O–H groups in total. The minimum atomic E-state index is -0.559. The molecule has 2 rings (SSSR count). The standard InChI is InChI=1S/C12H14N4O4/c1-7(17)2-3-13-10-5-9-8(4-11(10)16(19)20)12(18)15-6-14-9/h4-7,13,17H,2-3H2,1H3,(H,14,15,18). The highest BCUT2D eigenvalue weighted by molar-refractivity contribution is 5.86. The molecule has 106 valence electrons. The number of nitrogens with zero attached hydrogens (tertiary/aromatic N) is 2. The molecule has 8 nitrogen and oxygen atoms in total. The summed E-state index contributed by atoms with van der Waals surface area (Å²) in [6, 6.07) is 2.66. The summed E-state index contributed by atoms with van der Waals surface area (Å²) in [5.41, 5.74) is 0.0374. The van der Waals surface area contributed by atoms with E-state index in [1.54, 1.807) is 6.92 Å². The van der Waals surface area contributed by atoms with Gasteiger partial charge in [-0.25, -0.2) is 4.98 Å². The summed E-state index contributed by atoms with van der Waals surface area (Å²) in [7, 11) is 0. The molecular weight excluding hydrogens is 264 g/mol. The van der Waals surface area contributed by atoms with Gasteiger partial charge in [0.05, 0.1) is 28.3 Å². The lowest BCUT2D eigenvalue weighted by atomic mass is 10.2. The van der Waals surface area contributed by atoms with Gasteiger partial charge in [0.1, 0.15) is 5.69 Å². The van der Waals surface area contributed by atoms with Crippen LogP contribution < -0.4 is 10.9 Å². The molecule has 0 aliphatic carbocycles. The van der Waals surface area contributed by atoms with Gasteiger partial charge >= 0.3 is 0 Å². The average Bonchev–Trinajstić information content (AvgIpc) is 2.37. The molecule has 0 bridgehead atoms. The molecular formula is C12H14N4O4. The highest BCUT2D eigenvalue weighted by Crippen LogP contribution is 2.27. The third kappa shape index (κ3) is 2.91. The van der Waals surface area contributed by atoms with Crippen LogP contribution in [-0.4, -0.2) is 32.6 Å². The Hall–Kier alpha value is -2.48. The van der Waals surface area contributed by atoms with E-state index in [2.05, 4.69) is 15.3 Å². The van der Waals surface area contributed by atoms with Crippen LogP contribution in [0.5, 0.6) is 0 Å². The first-order valence-corrected chi connectivity index (χ1v) is 6.07. The summed E-state index contributed by atoms with van der Waals surface area (Å²) in [5, 5.41) is 23.3. The number of anilines is 1. The Labute approximate surface area is 113 Å². The lowest BCUT2D eigenvalue weighted by molar-refractivity contribution is -0.383. The largest absolute Gasteiger partial charge is 0.393 e. The molecule has 0 aliphatic rings. The van der Waals surface area contributed by atoms with Gasteiger partial charge in [0.25, 0.3) is 11.2 Å². The number of rotatable bonds is 5. The number of aliphatic hydroxyl groups excluding tert-OH is 1. The molecule has 1 aromatic heterocycles. The molecule has 1 unspecified atom stereocenters. The number of aromatic nitrogens is 2. The Morgan fingerprint density at radius 2 is 2.30 bits per heavy atom. The zero-order valence-corrected chi connectivity index (χ0v) is 10.8. The van der Waals surface area contributed by atoms with Crippen LogP contribution in [0.1, 0.15) is 13.3 Å². The Balaban J connectivity index is 2.44. The van der Waals surface area contributed by atoms with E-state index in [4.69, 9.17) is 0 Å². The molecule has 0 aliphatic heterocycles. The highest BCUT2D eigenvalue weighted by Gasteiger charge is 2.16. The zero-order chi connectivity index (χ0) is 14.7. The number of nitrogens with one attached hydrogen (secondary N) is 2. The van der Waals surface area contributed by atoms with Crippen molar-refractivity contribution in [2.24, 2.45) is 0 Å². The predicted molar refractivity (Wildman–Crippen MR) is 73.8 cm³/mol. The van der Waals surface area contributed by atoms with Gasteiger partial charge in [0, 0.05) is 12.6 Å². The summed E-state index contributed by atoms with van der Waals surface area (Å²) in [4.78, 5) is 28.4.